The standard InChI is InChI=1S/C45H49Cl2F3N2O3Si/c1-43(2,3)56(36-10-6-4-7-11-36,37-12-8-5-9-13-37)55-35-18-22-44(23-19-35)24-27-52(42(44)54)30-38-39(46)28-33(29-40(38)47)31-14-16-32(17-15-31)41(53)51-25-20-34(21-26-51)45(48,49)50/h4-17,28-29,34-35H,18-27,30H2,1-3H3. The molecule has 0 N–H and O–H groups in total. The van der Waals surface area contributed by atoms with Crippen LogP contribution in [0.2, 0.25) is 15.1 Å². The monoisotopic (exact) mass is 820 g/mol. The zero-order valence-corrected chi connectivity index (χ0v) is 34.7. The Labute approximate surface area is 339 Å². The van der Waals surface area contributed by atoms with E-state index in [4.69, 9.17) is 27.6 Å². The molecule has 0 radical (unpaired) electrons. The number of rotatable bonds is 8. The van der Waals surface area contributed by atoms with Gasteiger partial charge in [-0.05, 0) is 95.7 Å². The van der Waals surface area contributed by atoms with E-state index >= 15 is 0 Å². The summed E-state index contributed by atoms with van der Waals surface area (Å²) in [5.74, 6) is -1.49. The number of piperidine rings is 1. The predicted octanol–water partition coefficient (Wildman–Crippen LogP) is 10.3. The molecule has 56 heavy (non-hydrogen) atoms. The molecule has 5 nitrogen and oxygen atoms in total. The second-order valence-corrected chi connectivity index (χ2v) is 21.9. The number of likely N-dealkylation sites (tertiary alicyclic amines) is 2. The maximum Gasteiger partial charge on any atom is 0.391 e. The first-order chi connectivity index (χ1) is 26.6. The molecule has 0 bridgehead atoms. The minimum Gasteiger partial charge on any atom is -0.404 e. The fraction of sp³-hybridized carbons (Fsp3) is 0.422. The Morgan fingerprint density at radius 1 is 0.768 bits per heavy atom. The van der Waals surface area contributed by atoms with Crippen LogP contribution in [0.1, 0.15) is 81.6 Å². The Hall–Kier alpha value is -3.63. The fourth-order valence-corrected chi connectivity index (χ4v) is 14.6. The van der Waals surface area contributed by atoms with Crippen LogP contribution in [-0.2, 0) is 15.8 Å². The molecule has 296 valence electrons. The Balaban J connectivity index is 0.999. The molecule has 0 aromatic heterocycles. The summed E-state index contributed by atoms with van der Waals surface area (Å²) in [4.78, 5) is 30.6. The van der Waals surface area contributed by atoms with Crippen LogP contribution in [0.4, 0.5) is 13.2 Å². The quantitative estimate of drug-likeness (QED) is 0.166. The Morgan fingerprint density at radius 3 is 1.80 bits per heavy atom. The van der Waals surface area contributed by atoms with Crippen molar-refractivity contribution in [1.29, 1.82) is 0 Å². The van der Waals surface area contributed by atoms with E-state index in [1.807, 2.05) is 17.0 Å². The maximum atomic E-state index is 14.2. The van der Waals surface area contributed by atoms with Crippen LogP contribution in [0.15, 0.2) is 97.1 Å². The molecule has 1 saturated carbocycles. The number of amides is 2. The lowest BCUT2D eigenvalue weighted by atomic mass is 9.72. The molecular weight excluding hydrogens is 772 g/mol. The van der Waals surface area contributed by atoms with Crippen LogP contribution >= 0.6 is 23.2 Å². The van der Waals surface area contributed by atoms with Crippen molar-refractivity contribution in [3.63, 3.8) is 0 Å². The van der Waals surface area contributed by atoms with Crippen molar-refractivity contribution in [3.05, 3.63) is 118 Å². The number of halogens is 5. The van der Waals surface area contributed by atoms with Crippen molar-refractivity contribution in [2.24, 2.45) is 11.3 Å². The van der Waals surface area contributed by atoms with Crippen LogP contribution in [0, 0.1) is 11.3 Å². The lowest BCUT2D eigenvalue weighted by Crippen LogP contribution is -2.68. The van der Waals surface area contributed by atoms with Gasteiger partial charge in [0.05, 0.1) is 11.3 Å². The second kappa shape index (κ2) is 16.0. The first kappa shape index (κ1) is 40.6. The summed E-state index contributed by atoms with van der Waals surface area (Å²) in [6.45, 7) is 8.00. The minimum absolute atomic E-state index is 0.0493. The van der Waals surface area contributed by atoms with Gasteiger partial charge in [0.25, 0.3) is 14.2 Å². The van der Waals surface area contributed by atoms with Crippen molar-refractivity contribution < 1.29 is 27.2 Å². The maximum absolute atomic E-state index is 14.2. The van der Waals surface area contributed by atoms with Crippen LogP contribution in [0.3, 0.4) is 0 Å². The first-order valence-corrected chi connectivity index (χ1v) is 22.3. The van der Waals surface area contributed by atoms with Crippen LogP contribution in [-0.4, -0.2) is 61.8 Å². The van der Waals surface area contributed by atoms with Crippen molar-refractivity contribution >= 4 is 53.7 Å². The van der Waals surface area contributed by atoms with Crippen LogP contribution < -0.4 is 10.4 Å². The molecule has 4 aromatic carbocycles. The van der Waals surface area contributed by atoms with Crippen LogP contribution in [0.5, 0.6) is 0 Å². The first-order valence-electron chi connectivity index (χ1n) is 19.6. The van der Waals surface area contributed by atoms with Crippen LogP contribution in [0.25, 0.3) is 11.1 Å². The van der Waals surface area contributed by atoms with Crippen molar-refractivity contribution in [2.45, 2.75) is 89.6 Å². The van der Waals surface area contributed by atoms with Gasteiger partial charge >= 0.3 is 6.18 Å². The summed E-state index contributed by atoms with van der Waals surface area (Å²) in [5, 5.41) is 3.31. The molecule has 3 aliphatic rings. The summed E-state index contributed by atoms with van der Waals surface area (Å²) in [6.07, 6.45) is -0.372. The van der Waals surface area contributed by atoms with Gasteiger partial charge in [0.1, 0.15) is 0 Å². The van der Waals surface area contributed by atoms with Crippen molar-refractivity contribution in [2.75, 3.05) is 19.6 Å². The number of hydrogen-bond donors (Lipinski definition) is 0. The SMILES string of the molecule is CC(C)(C)[Si](OC1CCC2(CC1)CCN(Cc1c(Cl)cc(-c3ccc(C(=O)N4CCC(C(F)(F)F)CC4)cc3)cc1Cl)C2=O)(c1ccccc1)c1ccccc1. The Morgan fingerprint density at radius 2 is 1.30 bits per heavy atom. The van der Waals surface area contributed by atoms with Gasteiger partial charge in [-0.1, -0.05) is 117 Å². The largest absolute Gasteiger partial charge is 0.404 e. The van der Waals surface area contributed by atoms with Gasteiger partial charge in [-0.3, -0.25) is 9.59 Å². The van der Waals surface area contributed by atoms with E-state index in [1.54, 1.807) is 24.3 Å². The predicted molar refractivity (Wildman–Crippen MR) is 220 cm³/mol. The highest BCUT2D eigenvalue weighted by atomic mass is 35.5. The number of carbonyl (C=O) groups is 2. The van der Waals surface area contributed by atoms with Gasteiger partial charge in [0.15, 0.2) is 0 Å². The third kappa shape index (κ3) is 7.94. The van der Waals surface area contributed by atoms with E-state index in [-0.39, 0.29) is 48.9 Å². The Kier molecular flexibility index (Phi) is 11.6. The molecule has 1 aliphatic carbocycles. The molecule has 3 fully saturated rings. The molecule has 2 heterocycles. The number of carbonyl (C=O) groups excluding carboxylic acids is 2. The summed E-state index contributed by atoms with van der Waals surface area (Å²) in [7, 11) is -2.71. The van der Waals surface area contributed by atoms with E-state index in [0.717, 1.165) is 43.2 Å². The smallest absolute Gasteiger partial charge is 0.391 e. The highest BCUT2D eigenvalue weighted by Gasteiger charge is 2.54. The van der Waals surface area contributed by atoms with Crippen molar-refractivity contribution in [3.8, 4) is 11.1 Å². The molecule has 7 rings (SSSR count). The average molecular weight is 822 g/mol. The van der Waals surface area contributed by atoms with Gasteiger partial charge in [-0.25, -0.2) is 0 Å². The lowest BCUT2D eigenvalue weighted by molar-refractivity contribution is -0.183. The average Bonchev–Trinajstić information content (AvgIpc) is 3.48. The lowest BCUT2D eigenvalue weighted by Gasteiger charge is -2.47. The molecule has 0 unspecified atom stereocenters. The molecule has 0 atom stereocenters. The van der Waals surface area contributed by atoms with E-state index in [2.05, 4.69) is 81.4 Å². The molecule has 4 aromatic rings. The summed E-state index contributed by atoms with van der Waals surface area (Å²) in [6, 6.07) is 32.0. The Bertz CT molecular complexity index is 1960. The van der Waals surface area contributed by atoms with E-state index in [9.17, 15) is 22.8 Å². The number of benzene rings is 4. The zero-order chi connectivity index (χ0) is 39.9. The minimum atomic E-state index is -4.23. The van der Waals surface area contributed by atoms with Gasteiger partial charge in [-0.15, -0.1) is 0 Å². The summed E-state index contributed by atoms with van der Waals surface area (Å²) >= 11 is 13.7. The molecule has 2 amide bonds. The number of alkyl halides is 3. The normalized spacial score (nSPS) is 21.2. The number of nitrogens with zero attached hydrogens (tertiary/aromatic N) is 2. The molecule has 2 aliphatic heterocycles. The van der Waals surface area contributed by atoms with Gasteiger partial charge in [0.2, 0.25) is 5.91 Å². The topological polar surface area (TPSA) is 49.9 Å². The van der Waals surface area contributed by atoms with E-state index in [0.29, 0.717) is 34.3 Å². The molecule has 11 heteroatoms. The van der Waals surface area contributed by atoms with E-state index < -0.39 is 25.8 Å². The molecular formula is C45H49Cl2F3N2O3Si. The van der Waals surface area contributed by atoms with Gasteiger partial charge < -0.3 is 14.2 Å². The molecule has 1 spiro atoms. The van der Waals surface area contributed by atoms with Gasteiger partial charge in [-0.2, -0.15) is 13.2 Å². The van der Waals surface area contributed by atoms with Gasteiger partial charge in [0, 0.05) is 53.5 Å². The fourth-order valence-electron chi connectivity index (χ4n) is 9.22. The number of hydrogen-bond acceptors (Lipinski definition) is 3. The third-order valence-corrected chi connectivity index (χ3v) is 18.2. The third-order valence-electron chi connectivity index (χ3n) is 12.5. The zero-order valence-electron chi connectivity index (χ0n) is 32.2. The highest BCUT2D eigenvalue weighted by molar-refractivity contribution is 6.99. The highest BCUT2D eigenvalue weighted by Crippen LogP contribution is 2.48. The summed E-state index contributed by atoms with van der Waals surface area (Å²) < 4.78 is 46.7. The second-order valence-electron chi connectivity index (χ2n) is 16.8. The summed E-state index contributed by atoms with van der Waals surface area (Å²) in [5.41, 5.74) is 2.24. The van der Waals surface area contributed by atoms with E-state index in [1.165, 1.54) is 15.3 Å². The molecule has 2 saturated heterocycles. The van der Waals surface area contributed by atoms with Crippen molar-refractivity contribution in [1.82, 2.24) is 9.80 Å².